The molecule has 4 rings (SSSR count). The zero-order chi connectivity index (χ0) is 14.7. The van der Waals surface area contributed by atoms with E-state index in [1.165, 1.54) is 44.1 Å². The summed E-state index contributed by atoms with van der Waals surface area (Å²) in [6.07, 6.45) is 12.6. The molecule has 116 valence electrons. The first-order valence-electron chi connectivity index (χ1n) is 8.94. The van der Waals surface area contributed by atoms with Crippen LogP contribution in [-0.4, -0.2) is 17.5 Å². The van der Waals surface area contributed by atoms with Gasteiger partial charge in [0.15, 0.2) is 5.78 Å². The lowest BCUT2D eigenvalue weighted by molar-refractivity contribution is -0.117. The molecule has 0 aliphatic heterocycles. The van der Waals surface area contributed by atoms with Gasteiger partial charge in [0, 0.05) is 13.0 Å². The van der Waals surface area contributed by atoms with Crippen molar-refractivity contribution in [1.29, 1.82) is 0 Å². The average molecular weight is 288 g/mol. The molecular weight excluding hydrogens is 260 g/mol. The van der Waals surface area contributed by atoms with Crippen LogP contribution in [0.15, 0.2) is 11.6 Å². The molecule has 0 saturated heterocycles. The molecule has 0 bridgehead atoms. The largest absolute Gasteiger partial charge is 0.396 e. The molecule has 0 radical (unpaired) electrons. The fourth-order valence-corrected chi connectivity index (χ4v) is 6.63. The van der Waals surface area contributed by atoms with Crippen molar-refractivity contribution in [2.45, 2.75) is 64.7 Å². The van der Waals surface area contributed by atoms with Crippen LogP contribution in [0, 0.1) is 28.6 Å². The van der Waals surface area contributed by atoms with E-state index in [1.807, 2.05) is 6.08 Å². The minimum Gasteiger partial charge on any atom is -0.396 e. The summed E-state index contributed by atoms with van der Waals surface area (Å²) in [6.45, 7) is 2.84. The second-order valence-corrected chi connectivity index (χ2v) is 8.42. The number of allylic oxidation sites excluding steroid dienone is 1. The van der Waals surface area contributed by atoms with Gasteiger partial charge in [0.05, 0.1) is 0 Å². The molecule has 5 unspecified atom stereocenters. The summed E-state index contributed by atoms with van der Waals surface area (Å²) in [5.41, 5.74) is 1.99. The third-order valence-electron chi connectivity index (χ3n) is 7.80. The molecule has 0 spiro atoms. The lowest BCUT2D eigenvalue weighted by Gasteiger charge is -2.57. The fourth-order valence-electron chi connectivity index (χ4n) is 6.63. The van der Waals surface area contributed by atoms with Gasteiger partial charge in [-0.1, -0.05) is 18.9 Å². The summed E-state index contributed by atoms with van der Waals surface area (Å²) >= 11 is 0. The summed E-state index contributed by atoms with van der Waals surface area (Å²) in [5, 5.41) is 10.0. The molecule has 1 N–H and O–H groups in total. The molecule has 4 aliphatic carbocycles. The summed E-state index contributed by atoms with van der Waals surface area (Å²) in [4.78, 5) is 11.8. The van der Waals surface area contributed by atoms with Crippen molar-refractivity contribution in [1.82, 2.24) is 0 Å². The summed E-state index contributed by atoms with van der Waals surface area (Å²) in [6, 6.07) is 0. The summed E-state index contributed by atoms with van der Waals surface area (Å²) in [7, 11) is 0. The fraction of sp³-hybridized carbons (Fsp3) is 0.842. The van der Waals surface area contributed by atoms with Crippen molar-refractivity contribution >= 4 is 5.78 Å². The van der Waals surface area contributed by atoms with Crippen LogP contribution in [0.1, 0.15) is 64.7 Å². The van der Waals surface area contributed by atoms with Crippen LogP contribution in [0.3, 0.4) is 0 Å². The van der Waals surface area contributed by atoms with Gasteiger partial charge in [-0.05, 0) is 79.6 Å². The summed E-state index contributed by atoms with van der Waals surface area (Å²) < 4.78 is 0. The number of hydrogen-bond acceptors (Lipinski definition) is 2. The maximum absolute atomic E-state index is 11.8. The third-order valence-corrected chi connectivity index (χ3v) is 7.80. The minimum atomic E-state index is 0.253. The molecule has 0 aromatic carbocycles. The van der Waals surface area contributed by atoms with Gasteiger partial charge in [0.1, 0.15) is 0 Å². The molecule has 0 heterocycles. The first-order valence-corrected chi connectivity index (χ1v) is 8.94. The number of rotatable bonds is 1. The van der Waals surface area contributed by atoms with E-state index in [9.17, 15) is 9.90 Å². The van der Waals surface area contributed by atoms with E-state index in [2.05, 4.69) is 6.92 Å². The molecular formula is C19H28O2. The first-order chi connectivity index (χ1) is 10.1. The van der Waals surface area contributed by atoms with Crippen molar-refractivity contribution in [2.24, 2.45) is 28.6 Å². The maximum Gasteiger partial charge on any atom is 0.155 e. The van der Waals surface area contributed by atoms with Gasteiger partial charge < -0.3 is 5.11 Å². The first kappa shape index (κ1) is 14.0. The number of ketones is 1. The molecule has 5 atom stereocenters. The third kappa shape index (κ3) is 1.84. The average Bonchev–Trinajstić information content (AvgIpc) is 2.92. The van der Waals surface area contributed by atoms with Crippen LogP contribution in [0.2, 0.25) is 0 Å². The second kappa shape index (κ2) is 4.68. The monoisotopic (exact) mass is 288 g/mol. The standard InChI is InChI=1S/C19H28O2/c1-18-9-6-14(21)11-13(18)4-5-15-16(18)7-10-19(12-20)8-2-3-17(15)19/h11,15-17,20H,2-10,12H2,1H3. The lowest BCUT2D eigenvalue weighted by Crippen LogP contribution is -2.51. The molecule has 2 heteroatoms. The SMILES string of the molecule is CC12CCC(=O)C=C1CCC1C3CCCC3(CO)CCC12. The minimum absolute atomic E-state index is 0.253. The van der Waals surface area contributed by atoms with Crippen LogP contribution >= 0.6 is 0 Å². The van der Waals surface area contributed by atoms with Crippen molar-refractivity contribution in [2.75, 3.05) is 6.61 Å². The van der Waals surface area contributed by atoms with Crippen LogP contribution in [0.25, 0.3) is 0 Å². The Kier molecular flexibility index (Phi) is 3.12. The van der Waals surface area contributed by atoms with E-state index in [-0.39, 0.29) is 10.8 Å². The van der Waals surface area contributed by atoms with Crippen LogP contribution in [-0.2, 0) is 4.79 Å². The van der Waals surface area contributed by atoms with Gasteiger partial charge in [-0.3, -0.25) is 4.79 Å². The predicted molar refractivity (Wildman–Crippen MR) is 82.7 cm³/mol. The smallest absolute Gasteiger partial charge is 0.155 e. The van der Waals surface area contributed by atoms with Crippen LogP contribution in [0.4, 0.5) is 0 Å². The van der Waals surface area contributed by atoms with Crippen molar-refractivity contribution < 1.29 is 9.90 Å². The van der Waals surface area contributed by atoms with Gasteiger partial charge in [-0.25, -0.2) is 0 Å². The zero-order valence-corrected chi connectivity index (χ0v) is 13.2. The quantitative estimate of drug-likeness (QED) is 0.795. The highest BCUT2D eigenvalue weighted by Crippen LogP contribution is 2.65. The van der Waals surface area contributed by atoms with E-state index in [1.54, 1.807) is 0 Å². The number of aliphatic hydroxyl groups excluding tert-OH is 1. The normalized spacial score (nSPS) is 49.1. The molecule has 3 saturated carbocycles. The van der Waals surface area contributed by atoms with E-state index < -0.39 is 0 Å². The number of aliphatic hydroxyl groups is 1. The molecule has 21 heavy (non-hydrogen) atoms. The van der Waals surface area contributed by atoms with Crippen molar-refractivity contribution in [3.63, 3.8) is 0 Å². The van der Waals surface area contributed by atoms with Crippen LogP contribution in [0.5, 0.6) is 0 Å². The lowest BCUT2D eigenvalue weighted by atomic mass is 9.47. The zero-order valence-electron chi connectivity index (χ0n) is 13.2. The maximum atomic E-state index is 11.8. The van der Waals surface area contributed by atoms with Gasteiger partial charge in [-0.15, -0.1) is 0 Å². The van der Waals surface area contributed by atoms with Crippen LogP contribution < -0.4 is 0 Å². The topological polar surface area (TPSA) is 37.3 Å². The molecule has 0 aromatic heterocycles. The Morgan fingerprint density at radius 3 is 2.81 bits per heavy atom. The Morgan fingerprint density at radius 2 is 2.00 bits per heavy atom. The van der Waals surface area contributed by atoms with Crippen molar-refractivity contribution in [3.05, 3.63) is 11.6 Å². The number of hydrogen-bond donors (Lipinski definition) is 1. The molecule has 2 nitrogen and oxygen atoms in total. The van der Waals surface area contributed by atoms with Gasteiger partial charge in [-0.2, -0.15) is 0 Å². The molecule has 0 amide bonds. The summed E-state index contributed by atoms with van der Waals surface area (Å²) in [5.74, 6) is 2.65. The number of carbonyl (C=O) groups excluding carboxylic acids is 1. The van der Waals surface area contributed by atoms with E-state index in [0.29, 0.717) is 12.4 Å². The van der Waals surface area contributed by atoms with Gasteiger partial charge in [0.25, 0.3) is 0 Å². The van der Waals surface area contributed by atoms with E-state index in [0.717, 1.165) is 37.0 Å². The van der Waals surface area contributed by atoms with Crippen molar-refractivity contribution in [3.8, 4) is 0 Å². The van der Waals surface area contributed by atoms with E-state index in [4.69, 9.17) is 0 Å². The predicted octanol–water partition coefficient (Wildman–Crippen LogP) is 3.88. The van der Waals surface area contributed by atoms with Gasteiger partial charge in [0.2, 0.25) is 0 Å². The second-order valence-electron chi connectivity index (χ2n) is 8.42. The van der Waals surface area contributed by atoms with Gasteiger partial charge >= 0.3 is 0 Å². The number of carbonyl (C=O) groups is 1. The highest BCUT2D eigenvalue weighted by Gasteiger charge is 2.57. The number of fused-ring (bicyclic) bond motifs is 5. The molecule has 4 aliphatic rings. The molecule has 3 fully saturated rings. The highest BCUT2D eigenvalue weighted by molar-refractivity contribution is 5.91. The Labute approximate surface area is 128 Å². The Balaban J connectivity index is 1.68. The Hall–Kier alpha value is -0.630. The Morgan fingerprint density at radius 1 is 1.14 bits per heavy atom. The Bertz CT molecular complexity index is 494. The highest BCUT2D eigenvalue weighted by atomic mass is 16.3. The molecule has 0 aromatic rings. The van der Waals surface area contributed by atoms with E-state index >= 15 is 0 Å².